The fourth-order valence-corrected chi connectivity index (χ4v) is 2.36. The fourth-order valence-electron chi connectivity index (χ4n) is 2.36. The highest BCUT2D eigenvalue weighted by Crippen LogP contribution is 2.19. The molecular weight excluding hydrogens is 407 g/mol. The van der Waals surface area contributed by atoms with Crippen molar-refractivity contribution < 1.29 is 9.53 Å². The van der Waals surface area contributed by atoms with E-state index >= 15 is 0 Å². The predicted molar refractivity (Wildman–Crippen MR) is 105 cm³/mol. The third kappa shape index (κ3) is 9.88. The van der Waals surface area contributed by atoms with Gasteiger partial charge in [0.15, 0.2) is 5.96 Å². The van der Waals surface area contributed by atoms with Gasteiger partial charge < -0.3 is 20.7 Å². The maximum absolute atomic E-state index is 12.1. The van der Waals surface area contributed by atoms with Crippen molar-refractivity contribution in [3.63, 3.8) is 0 Å². The Labute approximate surface area is 157 Å². The zero-order chi connectivity index (χ0) is 17.0. The zero-order valence-corrected chi connectivity index (χ0v) is 17.6. The Hall–Kier alpha value is -0.730. The molecule has 1 heterocycles. The standard InChI is InChI=1S/C16H32N4O2.HI/c1-15(2,3)19-13(17)18-10-12-8-7-9-20(11-12)14(21)22-16(4,5)6;/h12H,7-11H2,1-6H3,(H3,17,18,19);1H. The summed E-state index contributed by atoms with van der Waals surface area (Å²) < 4.78 is 5.43. The highest BCUT2D eigenvalue weighted by atomic mass is 127. The number of halogens is 1. The smallest absolute Gasteiger partial charge is 0.410 e. The van der Waals surface area contributed by atoms with Crippen LogP contribution < -0.4 is 11.1 Å². The van der Waals surface area contributed by atoms with Gasteiger partial charge >= 0.3 is 6.09 Å². The van der Waals surface area contributed by atoms with E-state index in [1.807, 2.05) is 41.5 Å². The van der Waals surface area contributed by atoms with Gasteiger partial charge in [-0.05, 0) is 60.3 Å². The maximum atomic E-state index is 12.1. The van der Waals surface area contributed by atoms with Gasteiger partial charge in [0, 0.05) is 25.2 Å². The van der Waals surface area contributed by atoms with Crippen molar-refractivity contribution >= 4 is 36.0 Å². The first kappa shape index (κ1) is 22.3. The van der Waals surface area contributed by atoms with Crippen LogP contribution in [0.2, 0.25) is 0 Å². The van der Waals surface area contributed by atoms with Crippen molar-refractivity contribution in [2.45, 2.75) is 65.5 Å². The van der Waals surface area contributed by atoms with E-state index in [1.165, 1.54) is 0 Å². The number of nitrogens with two attached hydrogens (primary N) is 1. The van der Waals surface area contributed by atoms with E-state index in [4.69, 9.17) is 10.5 Å². The number of likely N-dealkylation sites (tertiary alicyclic amines) is 1. The second-order valence-corrected chi connectivity index (χ2v) is 8.04. The van der Waals surface area contributed by atoms with Crippen molar-refractivity contribution in [3.05, 3.63) is 0 Å². The third-order valence-corrected chi connectivity index (χ3v) is 3.19. The molecule has 1 unspecified atom stereocenters. The monoisotopic (exact) mass is 440 g/mol. The fraction of sp³-hybridized carbons (Fsp3) is 0.875. The number of rotatable bonds is 2. The van der Waals surface area contributed by atoms with Gasteiger partial charge in [0.2, 0.25) is 0 Å². The molecule has 0 spiro atoms. The van der Waals surface area contributed by atoms with Crippen LogP contribution in [-0.2, 0) is 4.74 Å². The van der Waals surface area contributed by atoms with E-state index in [2.05, 4.69) is 10.3 Å². The third-order valence-electron chi connectivity index (χ3n) is 3.19. The molecule has 136 valence electrons. The topological polar surface area (TPSA) is 80.0 Å². The molecule has 0 saturated carbocycles. The number of hydrogen-bond donors (Lipinski definition) is 2. The van der Waals surface area contributed by atoms with Crippen LogP contribution >= 0.6 is 24.0 Å². The van der Waals surface area contributed by atoms with Gasteiger partial charge in [-0.25, -0.2) is 4.79 Å². The van der Waals surface area contributed by atoms with Crippen LogP contribution in [0.3, 0.4) is 0 Å². The van der Waals surface area contributed by atoms with Gasteiger partial charge in [0.1, 0.15) is 5.60 Å². The molecule has 6 nitrogen and oxygen atoms in total. The first-order chi connectivity index (χ1) is 9.96. The Morgan fingerprint density at radius 1 is 1.30 bits per heavy atom. The molecule has 0 aliphatic carbocycles. The van der Waals surface area contributed by atoms with E-state index in [0.29, 0.717) is 25.0 Å². The van der Waals surface area contributed by atoms with E-state index in [-0.39, 0.29) is 35.6 Å². The molecule has 1 amide bonds. The van der Waals surface area contributed by atoms with Crippen LogP contribution in [0.5, 0.6) is 0 Å². The molecule has 7 heteroatoms. The molecule has 1 aliphatic heterocycles. The summed E-state index contributed by atoms with van der Waals surface area (Å²) in [4.78, 5) is 18.3. The minimum absolute atomic E-state index is 0. The summed E-state index contributed by atoms with van der Waals surface area (Å²) in [6.07, 6.45) is 1.81. The van der Waals surface area contributed by atoms with Crippen molar-refractivity contribution in [2.75, 3.05) is 19.6 Å². The molecule has 0 aromatic heterocycles. The molecule has 0 aromatic rings. The molecule has 1 aliphatic rings. The molecule has 1 saturated heterocycles. The lowest BCUT2D eigenvalue weighted by Gasteiger charge is -2.33. The SMILES string of the molecule is CC(C)(C)NC(N)=NCC1CCCN(C(=O)OC(C)(C)C)C1.I. The predicted octanol–water partition coefficient (Wildman–Crippen LogP) is 2.95. The summed E-state index contributed by atoms with van der Waals surface area (Å²) in [5, 5.41) is 3.15. The van der Waals surface area contributed by atoms with Gasteiger partial charge in [0.25, 0.3) is 0 Å². The number of nitrogens with one attached hydrogen (secondary N) is 1. The van der Waals surface area contributed by atoms with Crippen LogP contribution in [0.15, 0.2) is 4.99 Å². The lowest BCUT2D eigenvalue weighted by Crippen LogP contribution is -2.46. The quantitative estimate of drug-likeness (QED) is 0.393. The highest BCUT2D eigenvalue weighted by Gasteiger charge is 2.27. The van der Waals surface area contributed by atoms with Gasteiger partial charge in [-0.3, -0.25) is 4.99 Å². The number of carbonyl (C=O) groups excluding carboxylic acids is 1. The average Bonchev–Trinajstić information content (AvgIpc) is 2.32. The molecule has 1 atom stereocenters. The Morgan fingerprint density at radius 3 is 2.43 bits per heavy atom. The van der Waals surface area contributed by atoms with Crippen molar-refractivity contribution in [3.8, 4) is 0 Å². The molecule has 0 radical (unpaired) electrons. The van der Waals surface area contributed by atoms with E-state index in [0.717, 1.165) is 19.4 Å². The summed E-state index contributed by atoms with van der Waals surface area (Å²) in [6, 6.07) is 0. The number of amides is 1. The van der Waals surface area contributed by atoms with Crippen molar-refractivity contribution in [2.24, 2.45) is 16.6 Å². The largest absolute Gasteiger partial charge is 0.444 e. The number of aliphatic imine (C=N–C) groups is 1. The summed E-state index contributed by atoms with van der Waals surface area (Å²) in [6.45, 7) is 13.8. The molecule has 23 heavy (non-hydrogen) atoms. The number of nitrogens with zero attached hydrogens (tertiary/aromatic N) is 2. The summed E-state index contributed by atoms with van der Waals surface area (Å²) in [7, 11) is 0. The van der Waals surface area contributed by atoms with E-state index in [1.54, 1.807) is 4.90 Å². The van der Waals surface area contributed by atoms with Crippen LogP contribution in [0.4, 0.5) is 4.79 Å². The molecule has 1 rings (SSSR count). The van der Waals surface area contributed by atoms with Gasteiger partial charge in [-0.15, -0.1) is 24.0 Å². The molecule has 3 N–H and O–H groups in total. The second-order valence-electron chi connectivity index (χ2n) is 8.04. The number of hydrogen-bond acceptors (Lipinski definition) is 3. The number of carbonyl (C=O) groups is 1. The molecule has 0 bridgehead atoms. The highest BCUT2D eigenvalue weighted by molar-refractivity contribution is 14.0. The average molecular weight is 440 g/mol. The van der Waals surface area contributed by atoms with E-state index < -0.39 is 5.60 Å². The number of piperidine rings is 1. The Morgan fingerprint density at radius 2 is 1.91 bits per heavy atom. The van der Waals surface area contributed by atoms with Crippen LogP contribution in [0.25, 0.3) is 0 Å². The summed E-state index contributed by atoms with van der Waals surface area (Å²) in [5.41, 5.74) is 5.34. The Bertz CT molecular complexity index is 413. The van der Waals surface area contributed by atoms with Crippen molar-refractivity contribution in [1.29, 1.82) is 0 Å². The van der Waals surface area contributed by atoms with Crippen LogP contribution in [0.1, 0.15) is 54.4 Å². The summed E-state index contributed by atoms with van der Waals surface area (Å²) >= 11 is 0. The Kier molecular flexibility index (Phi) is 8.65. The lowest BCUT2D eigenvalue weighted by molar-refractivity contribution is 0.0171. The summed E-state index contributed by atoms with van der Waals surface area (Å²) in [5.74, 6) is 0.795. The van der Waals surface area contributed by atoms with Crippen LogP contribution in [0, 0.1) is 5.92 Å². The second kappa shape index (κ2) is 8.94. The maximum Gasteiger partial charge on any atom is 0.410 e. The lowest BCUT2D eigenvalue weighted by atomic mass is 9.98. The first-order valence-corrected chi connectivity index (χ1v) is 8.02. The molecule has 1 fully saturated rings. The normalized spacial score (nSPS) is 19.8. The Balaban J connectivity index is 0.00000484. The van der Waals surface area contributed by atoms with Gasteiger partial charge in [-0.2, -0.15) is 0 Å². The van der Waals surface area contributed by atoms with Crippen molar-refractivity contribution in [1.82, 2.24) is 10.2 Å². The molecule has 0 aromatic carbocycles. The van der Waals surface area contributed by atoms with Gasteiger partial charge in [0.05, 0.1) is 0 Å². The minimum Gasteiger partial charge on any atom is -0.444 e. The zero-order valence-electron chi connectivity index (χ0n) is 15.3. The van der Waals surface area contributed by atoms with Gasteiger partial charge in [-0.1, -0.05) is 0 Å². The molecular formula is C16H33IN4O2. The first-order valence-electron chi connectivity index (χ1n) is 8.02. The minimum atomic E-state index is -0.455. The van der Waals surface area contributed by atoms with E-state index in [9.17, 15) is 4.79 Å². The number of guanidine groups is 1. The van der Waals surface area contributed by atoms with Crippen LogP contribution in [-0.4, -0.2) is 47.7 Å². The number of ether oxygens (including phenoxy) is 1.